The lowest BCUT2D eigenvalue weighted by Crippen LogP contribution is -2.57. The van der Waals surface area contributed by atoms with Crippen LogP contribution in [0.2, 0.25) is 0 Å². The van der Waals surface area contributed by atoms with Gasteiger partial charge in [0.15, 0.2) is 0 Å². The highest BCUT2D eigenvalue weighted by molar-refractivity contribution is 8.00. The summed E-state index contributed by atoms with van der Waals surface area (Å²) in [5.74, 6) is 0.239. The predicted octanol–water partition coefficient (Wildman–Crippen LogP) is 2.32. The van der Waals surface area contributed by atoms with Crippen LogP contribution in [-0.4, -0.2) is 46.3 Å². The molecule has 4 nitrogen and oxygen atoms in total. The minimum atomic E-state index is -0.578. The summed E-state index contributed by atoms with van der Waals surface area (Å²) < 4.78 is 0.225. The van der Waals surface area contributed by atoms with Crippen molar-refractivity contribution in [3.63, 3.8) is 0 Å². The average Bonchev–Trinajstić information content (AvgIpc) is 3.11. The van der Waals surface area contributed by atoms with Crippen molar-refractivity contribution in [2.24, 2.45) is 0 Å². The van der Waals surface area contributed by atoms with E-state index in [1.54, 1.807) is 0 Å². The zero-order chi connectivity index (χ0) is 14.9. The Balaban J connectivity index is 1.80. The highest BCUT2D eigenvalue weighted by Crippen LogP contribution is 2.42. The number of nitrogens with zero attached hydrogens (tertiary/aromatic N) is 1. The Labute approximate surface area is 131 Å². The van der Waals surface area contributed by atoms with Gasteiger partial charge in [-0.05, 0) is 31.9 Å². The van der Waals surface area contributed by atoms with Crippen LogP contribution in [0.4, 0.5) is 0 Å². The second-order valence-corrected chi connectivity index (χ2v) is 8.18. The number of amides is 2. The molecule has 3 aliphatic rings. The van der Waals surface area contributed by atoms with Gasteiger partial charge in [0, 0.05) is 24.3 Å². The summed E-state index contributed by atoms with van der Waals surface area (Å²) in [6.07, 6.45) is 11.3. The Bertz CT molecular complexity index is 426. The molecule has 0 aromatic rings. The molecule has 0 radical (unpaired) electrons. The van der Waals surface area contributed by atoms with Gasteiger partial charge in [0.05, 0.1) is 0 Å². The van der Waals surface area contributed by atoms with Gasteiger partial charge in [0.25, 0.3) is 0 Å². The van der Waals surface area contributed by atoms with E-state index in [0.29, 0.717) is 13.0 Å². The molecule has 2 amide bonds. The molecule has 2 aliphatic carbocycles. The topological polar surface area (TPSA) is 49.4 Å². The van der Waals surface area contributed by atoms with Crippen molar-refractivity contribution in [2.75, 3.05) is 19.3 Å². The van der Waals surface area contributed by atoms with Crippen LogP contribution in [0.3, 0.4) is 0 Å². The van der Waals surface area contributed by atoms with Crippen molar-refractivity contribution < 1.29 is 9.59 Å². The number of thioether (sulfide) groups is 1. The highest BCUT2D eigenvalue weighted by atomic mass is 32.2. The smallest absolute Gasteiger partial charge is 0.248 e. The fourth-order valence-corrected chi connectivity index (χ4v) is 5.27. The van der Waals surface area contributed by atoms with Gasteiger partial charge in [-0.1, -0.05) is 25.7 Å². The van der Waals surface area contributed by atoms with Crippen LogP contribution in [0.1, 0.15) is 57.8 Å². The second-order valence-electron chi connectivity index (χ2n) is 6.91. The molecule has 1 spiro atoms. The molecule has 0 aromatic carbocycles. The van der Waals surface area contributed by atoms with Crippen LogP contribution in [0, 0.1) is 0 Å². The molecule has 118 valence electrons. The monoisotopic (exact) mass is 310 g/mol. The fraction of sp³-hybridized carbons (Fsp3) is 0.875. The maximum Gasteiger partial charge on any atom is 0.248 e. The number of hydrogen-bond acceptors (Lipinski definition) is 3. The standard InChI is InChI=1S/C16H26N2O2S/c1-21-15(7-2-3-8-15)12-18-11-6-13(19)17-16(14(18)20)9-4-5-10-16/h2-12H2,1H3,(H,17,19). The van der Waals surface area contributed by atoms with E-state index in [0.717, 1.165) is 32.2 Å². The van der Waals surface area contributed by atoms with Gasteiger partial charge >= 0.3 is 0 Å². The van der Waals surface area contributed by atoms with Crippen LogP contribution >= 0.6 is 11.8 Å². The third kappa shape index (κ3) is 2.81. The zero-order valence-corrected chi connectivity index (χ0v) is 13.8. The first-order valence-corrected chi connectivity index (χ1v) is 9.47. The Morgan fingerprint density at radius 1 is 1.10 bits per heavy atom. The van der Waals surface area contributed by atoms with Crippen LogP contribution in [0.25, 0.3) is 0 Å². The van der Waals surface area contributed by atoms with E-state index in [2.05, 4.69) is 11.6 Å². The van der Waals surface area contributed by atoms with Crippen LogP contribution in [-0.2, 0) is 9.59 Å². The third-order valence-corrected chi connectivity index (χ3v) is 6.97. The molecule has 5 heteroatoms. The maximum absolute atomic E-state index is 13.1. The second kappa shape index (κ2) is 5.82. The van der Waals surface area contributed by atoms with Crippen molar-refractivity contribution in [1.29, 1.82) is 0 Å². The van der Waals surface area contributed by atoms with E-state index in [4.69, 9.17) is 0 Å². The molecule has 1 saturated heterocycles. The SMILES string of the molecule is CSC1(CN2CCC(=O)NC3(CCCC3)C2=O)CCCC1. The lowest BCUT2D eigenvalue weighted by Gasteiger charge is -2.37. The van der Waals surface area contributed by atoms with Crippen molar-refractivity contribution in [2.45, 2.75) is 68.1 Å². The molecule has 0 atom stereocenters. The zero-order valence-electron chi connectivity index (χ0n) is 13.0. The molecule has 1 heterocycles. The Morgan fingerprint density at radius 2 is 1.71 bits per heavy atom. The van der Waals surface area contributed by atoms with Crippen molar-refractivity contribution >= 4 is 23.6 Å². The van der Waals surface area contributed by atoms with Gasteiger partial charge in [-0.2, -0.15) is 11.8 Å². The molecule has 1 aliphatic heterocycles. The molecule has 3 fully saturated rings. The lowest BCUT2D eigenvalue weighted by atomic mass is 9.95. The van der Waals surface area contributed by atoms with Crippen molar-refractivity contribution in [3.8, 4) is 0 Å². The first-order chi connectivity index (χ1) is 10.1. The summed E-state index contributed by atoms with van der Waals surface area (Å²) in [6.45, 7) is 1.42. The minimum Gasteiger partial charge on any atom is -0.342 e. The minimum absolute atomic E-state index is 0.0531. The number of carbonyl (C=O) groups is 2. The van der Waals surface area contributed by atoms with Crippen LogP contribution < -0.4 is 5.32 Å². The Morgan fingerprint density at radius 3 is 2.33 bits per heavy atom. The Kier molecular flexibility index (Phi) is 4.21. The van der Waals surface area contributed by atoms with Gasteiger partial charge < -0.3 is 10.2 Å². The lowest BCUT2D eigenvalue weighted by molar-refractivity contribution is -0.139. The van der Waals surface area contributed by atoms with Crippen molar-refractivity contribution in [1.82, 2.24) is 10.2 Å². The Hall–Kier alpha value is -0.710. The van der Waals surface area contributed by atoms with E-state index >= 15 is 0 Å². The van der Waals surface area contributed by atoms with E-state index in [1.807, 2.05) is 16.7 Å². The first-order valence-electron chi connectivity index (χ1n) is 8.25. The fourth-order valence-electron chi connectivity index (χ4n) is 4.29. The molecule has 0 unspecified atom stereocenters. The van der Waals surface area contributed by atoms with Gasteiger partial charge in [0.2, 0.25) is 11.8 Å². The van der Waals surface area contributed by atoms with Crippen LogP contribution in [0.5, 0.6) is 0 Å². The summed E-state index contributed by atoms with van der Waals surface area (Å²) in [6, 6.07) is 0. The van der Waals surface area contributed by atoms with Crippen LogP contribution in [0.15, 0.2) is 0 Å². The van der Waals surface area contributed by atoms with Gasteiger partial charge in [-0.15, -0.1) is 0 Å². The number of nitrogens with one attached hydrogen (secondary N) is 1. The van der Waals surface area contributed by atoms with E-state index < -0.39 is 5.54 Å². The van der Waals surface area contributed by atoms with Gasteiger partial charge in [0.1, 0.15) is 5.54 Å². The van der Waals surface area contributed by atoms with E-state index in [1.165, 1.54) is 25.7 Å². The van der Waals surface area contributed by atoms with E-state index in [9.17, 15) is 9.59 Å². The predicted molar refractivity (Wildman–Crippen MR) is 85.3 cm³/mol. The molecule has 2 saturated carbocycles. The third-order valence-electron chi connectivity index (χ3n) is 5.57. The molecule has 3 rings (SSSR count). The molecule has 0 aromatic heterocycles. The normalized spacial score (nSPS) is 28.0. The largest absolute Gasteiger partial charge is 0.342 e. The molecule has 1 N–H and O–H groups in total. The summed E-state index contributed by atoms with van der Waals surface area (Å²) in [5, 5.41) is 3.05. The molecule has 0 bridgehead atoms. The average molecular weight is 310 g/mol. The van der Waals surface area contributed by atoms with Gasteiger partial charge in [-0.3, -0.25) is 9.59 Å². The summed E-state index contributed by atoms with van der Waals surface area (Å²) in [4.78, 5) is 27.1. The first kappa shape index (κ1) is 15.2. The van der Waals surface area contributed by atoms with Gasteiger partial charge in [-0.25, -0.2) is 0 Å². The number of rotatable bonds is 3. The quantitative estimate of drug-likeness (QED) is 0.870. The summed E-state index contributed by atoms with van der Waals surface area (Å²) in [5.41, 5.74) is -0.578. The number of hydrogen-bond donors (Lipinski definition) is 1. The summed E-state index contributed by atoms with van der Waals surface area (Å²) in [7, 11) is 0. The molecule has 21 heavy (non-hydrogen) atoms. The van der Waals surface area contributed by atoms with E-state index in [-0.39, 0.29) is 16.6 Å². The molecular weight excluding hydrogens is 284 g/mol. The molecular formula is C16H26N2O2S. The summed E-state index contributed by atoms with van der Waals surface area (Å²) >= 11 is 1.91. The highest BCUT2D eigenvalue weighted by Gasteiger charge is 2.48. The number of carbonyl (C=O) groups excluding carboxylic acids is 2. The maximum atomic E-state index is 13.1. The van der Waals surface area contributed by atoms with Crippen molar-refractivity contribution in [3.05, 3.63) is 0 Å².